The van der Waals surface area contributed by atoms with Crippen LogP contribution in [0.1, 0.15) is 28.5 Å². The van der Waals surface area contributed by atoms with E-state index in [1.165, 1.54) is 36.3 Å². The summed E-state index contributed by atoms with van der Waals surface area (Å²) in [6.45, 7) is -0.367. The van der Waals surface area contributed by atoms with Gasteiger partial charge in [0.05, 0.1) is 12.4 Å². The second kappa shape index (κ2) is 10.6. The number of aliphatic imine (C=N–C) groups is 1. The van der Waals surface area contributed by atoms with Gasteiger partial charge in [0, 0.05) is 12.0 Å². The molecule has 0 amide bonds. The standard InChI is InChI=1S/C19H19F3N4O2S.CH2O2/c1-18(19(21,22)10-28-9-16(23)26-18)12-5-11(3-4-13(12)20)6-15(27)14-7-25-17(29-2)8-24-14;2-1-3/h3-5,7-8H,6,9-10H2,1-2H3,(H2,23,26);1H,(H,2,3)/t18-;/m1./s1. The quantitative estimate of drug-likeness (QED) is 0.388. The van der Waals surface area contributed by atoms with Gasteiger partial charge in [-0.2, -0.15) is 0 Å². The summed E-state index contributed by atoms with van der Waals surface area (Å²) in [5.41, 5.74) is 3.49. The van der Waals surface area contributed by atoms with Crippen LogP contribution in [0.4, 0.5) is 13.2 Å². The highest BCUT2D eigenvalue weighted by molar-refractivity contribution is 7.98. The molecule has 0 fully saturated rings. The van der Waals surface area contributed by atoms with Crippen LogP contribution in [0.15, 0.2) is 40.6 Å². The number of aromatic nitrogens is 2. The molecule has 1 aliphatic rings. The maximum Gasteiger partial charge on any atom is 0.299 e. The van der Waals surface area contributed by atoms with Crippen molar-refractivity contribution in [3.05, 3.63) is 53.2 Å². The molecule has 12 heteroatoms. The number of ketones is 1. The molecule has 0 aliphatic carbocycles. The number of benzene rings is 1. The first-order chi connectivity index (χ1) is 15.1. The third-order valence-electron chi connectivity index (χ3n) is 4.66. The van der Waals surface area contributed by atoms with Crippen LogP contribution in [0.25, 0.3) is 0 Å². The number of hydrogen-bond acceptors (Lipinski definition) is 8. The minimum Gasteiger partial charge on any atom is -0.483 e. The van der Waals surface area contributed by atoms with Crippen LogP contribution in [0, 0.1) is 5.82 Å². The van der Waals surface area contributed by atoms with E-state index in [0.717, 1.165) is 13.0 Å². The topological polar surface area (TPSA) is 128 Å². The SMILES string of the molecule is CSc1cnc(C(=O)Cc2ccc(F)c([C@@]3(C)N=C(N)COCC3(F)F)c2)cn1.O=CO. The fraction of sp³-hybridized carbons (Fsp3) is 0.350. The van der Waals surface area contributed by atoms with Crippen molar-refractivity contribution in [2.24, 2.45) is 10.7 Å². The van der Waals surface area contributed by atoms with Gasteiger partial charge in [-0.05, 0) is 30.9 Å². The number of nitrogens with zero attached hydrogens (tertiary/aromatic N) is 3. The van der Waals surface area contributed by atoms with E-state index in [1.54, 1.807) is 0 Å². The molecule has 2 aromatic rings. The average molecular weight is 470 g/mol. The number of ether oxygens (including phenoxy) is 1. The molecule has 172 valence electrons. The Balaban J connectivity index is 0.00000114. The van der Waals surface area contributed by atoms with Crippen LogP contribution >= 0.6 is 11.8 Å². The van der Waals surface area contributed by atoms with Crippen molar-refractivity contribution in [1.29, 1.82) is 0 Å². The molecule has 0 saturated carbocycles. The number of carboxylic acid groups (broad SMARTS) is 1. The van der Waals surface area contributed by atoms with Gasteiger partial charge in [-0.25, -0.2) is 23.1 Å². The van der Waals surface area contributed by atoms with Crippen LogP contribution in [0.5, 0.6) is 0 Å². The molecule has 0 radical (unpaired) electrons. The maximum absolute atomic E-state index is 14.7. The molecule has 32 heavy (non-hydrogen) atoms. The van der Waals surface area contributed by atoms with Crippen molar-refractivity contribution in [3.63, 3.8) is 0 Å². The lowest BCUT2D eigenvalue weighted by Gasteiger charge is -2.33. The Kier molecular flexibility index (Phi) is 8.33. The van der Waals surface area contributed by atoms with Crippen molar-refractivity contribution < 1.29 is 32.6 Å². The third-order valence-corrected chi connectivity index (χ3v) is 5.28. The zero-order valence-electron chi connectivity index (χ0n) is 17.2. The minimum absolute atomic E-state index is 0.135. The largest absolute Gasteiger partial charge is 0.483 e. The number of Topliss-reactive ketones (excluding diaryl/α,β-unsaturated/α-hetero) is 1. The highest BCUT2D eigenvalue weighted by atomic mass is 32.2. The molecule has 2 heterocycles. The van der Waals surface area contributed by atoms with E-state index in [0.29, 0.717) is 10.6 Å². The van der Waals surface area contributed by atoms with Crippen molar-refractivity contribution >= 4 is 29.9 Å². The van der Waals surface area contributed by atoms with Gasteiger partial charge in [0.25, 0.3) is 12.4 Å². The summed E-state index contributed by atoms with van der Waals surface area (Å²) >= 11 is 1.38. The molecule has 0 unspecified atom stereocenters. The first-order valence-corrected chi connectivity index (χ1v) is 10.4. The maximum atomic E-state index is 14.7. The number of alkyl halides is 2. The summed E-state index contributed by atoms with van der Waals surface area (Å²) in [7, 11) is 0. The molecular formula is C20H21F3N4O4S. The summed E-state index contributed by atoms with van der Waals surface area (Å²) in [4.78, 5) is 32.8. The first-order valence-electron chi connectivity index (χ1n) is 9.13. The van der Waals surface area contributed by atoms with Crippen molar-refractivity contribution in [2.45, 2.75) is 29.8 Å². The monoisotopic (exact) mass is 470 g/mol. The molecule has 0 spiro atoms. The fourth-order valence-corrected chi connectivity index (χ4v) is 3.30. The van der Waals surface area contributed by atoms with Crippen LogP contribution in [-0.4, -0.2) is 58.6 Å². The first kappa shape index (κ1) is 25.3. The van der Waals surface area contributed by atoms with E-state index in [4.69, 9.17) is 20.4 Å². The lowest BCUT2D eigenvalue weighted by Crippen LogP contribution is -2.45. The van der Waals surface area contributed by atoms with E-state index in [9.17, 15) is 18.0 Å². The predicted octanol–water partition coefficient (Wildman–Crippen LogP) is 2.70. The molecule has 1 aromatic heterocycles. The Labute approximate surface area is 186 Å². The van der Waals surface area contributed by atoms with E-state index in [-0.39, 0.29) is 42.4 Å². The zero-order chi connectivity index (χ0) is 23.9. The minimum atomic E-state index is -3.50. The Morgan fingerprint density at radius 3 is 2.62 bits per heavy atom. The molecule has 1 atom stereocenters. The van der Waals surface area contributed by atoms with Crippen molar-refractivity contribution in [2.75, 3.05) is 19.5 Å². The van der Waals surface area contributed by atoms with Gasteiger partial charge in [-0.15, -0.1) is 11.8 Å². The second-order valence-electron chi connectivity index (χ2n) is 6.84. The highest BCUT2D eigenvalue weighted by Crippen LogP contribution is 2.43. The van der Waals surface area contributed by atoms with Gasteiger partial charge in [-0.3, -0.25) is 14.6 Å². The summed E-state index contributed by atoms with van der Waals surface area (Å²) in [5, 5.41) is 7.55. The molecule has 1 aromatic carbocycles. The average Bonchev–Trinajstić information content (AvgIpc) is 2.85. The number of halogens is 3. The lowest BCUT2D eigenvalue weighted by molar-refractivity contribution is -0.122. The molecule has 0 bridgehead atoms. The normalized spacial score (nSPS) is 19.7. The molecule has 0 saturated heterocycles. The summed E-state index contributed by atoms with van der Waals surface area (Å²) in [6.07, 6.45) is 4.49. The fourth-order valence-electron chi connectivity index (χ4n) is 2.98. The van der Waals surface area contributed by atoms with E-state index in [1.807, 2.05) is 6.26 Å². The summed E-state index contributed by atoms with van der Waals surface area (Å²) in [6, 6.07) is 3.62. The molecule has 8 nitrogen and oxygen atoms in total. The number of carbonyl (C=O) groups is 2. The number of hydrogen-bond donors (Lipinski definition) is 2. The third kappa shape index (κ3) is 5.62. The number of amidine groups is 1. The zero-order valence-corrected chi connectivity index (χ0v) is 18.0. The number of rotatable bonds is 5. The van der Waals surface area contributed by atoms with Crippen LogP contribution in [0.3, 0.4) is 0 Å². The number of nitrogens with two attached hydrogens (primary N) is 1. The van der Waals surface area contributed by atoms with Crippen molar-refractivity contribution in [3.8, 4) is 0 Å². The predicted molar refractivity (Wildman–Crippen MR) is 112 cm³/mol. The van der Waals surface area contributed by atoms with E-state index < -0.39 is 23.9 Å². The Morgan fingerprint density at radius 1 is 1.34 bits per heavy atom. The summed E-state index contributed by atoms with van der Waals surface area (Å²) in [5.74, 6) is -4.90. The Bertz CT molecular complexity index is 1000. The Hall–Kier alpha value is -2.99. The van der Waals surface area contributed by atoms with Gasteiger partial charge in [0.2, 0.25) is 0 Å². The van der Waals surface area contributed by atoms with Crippen LogP contribution < -0.4 is 5.73 Å². The highest BCUT2D eigenvalue weighted by Gasteiger charge is 2.54. The summed E-state index contributed by atoms with van der Waals surface area (Å²) < 4.78 is 48.9. The molecule has 3 N–H and O–H groups in total. The number of thioether (sulfide) groups is 1. The van der Waals surface area contributed by atoms with Crippen molar-refractivity contribution in [1.82, 2.24) is 9.97 Å². The van der Waals surface area contributed by atoms with Gasteiger partial charge >= 0.3 is 0 Å². The Morgan fingerprint density at radius 2 is 2.03 bits per heavy atom. The van der Waals surface area contributed by atoms with Crippen LogP contribution in [-0.2, 0) is 21.5 Å². The van der Waals surface area contributed by atoms with Gasteiger partial charge in [0.15, 0.2) is 11.3 Å². The molecular weight excluding hydrogens is 449 g/mol. The smallest absolute Gasteiger partial charge is 0.299 e. The van der Waals surface area contributed by atoms with Gasteiger partial charge in [-0.1, -0.05) is 6.07 Å². The second-order valence-corrected chi connectivity index (χ2v) is 7.66. The van der Waals surface area contributed by atoms with Gasteiger partial charge in [0.1, 0.15) is 35.6 Å². The van der Waals surface area contributed by atoms with E-state index >= 15 is 0 Å². The van der Waals surface area contributed by atoms with Gasteiger partial charge < -0.3 is 15.6 Å². The lowest BCUT2D eigenvalue weighted by atomic mass is 9.84. The van der Waals surface area contributed by atoms with E-state index in [2.05, 4.69) is 15.0 Å². The molecule has 3 rings (SSSR count). The van der Waals surface area contributed by atoms with Crippen LogP contribution in [0.2, 0.25) is 0 Å². The number of carbonyl (C=O) groups excluding carboxylic acids is 1. The molecule has 1 aliphatic heterocycles.